The minimum atomic E-state index is -0.532. The molecule has 0 aromatic heterocycles. The maximum absolute atomic E-state index is 13.5. The van der Waals surface area contributed by atoms with Crippen molar-refractivity contribution in [2.75, 3.05) is 18.1 Å². The van der Waals surface area contributed by atoms with Crippen molar-refractivity contribution in [2.45, 2.75) is 13.0 Å². The van der Waals surface area contributed by atoms with Crippen LogP contribution < -0.4 is 10.2 Å². The van der Waals surface area contributed by atoms with Crippen LogP contribution in [0.3, 0.4) is 0 Å². The molecule has 1 heterocycles. The van der Waals surface area contributed by atoms with Gasteiger partial charge in [-0.1, -0.05) is 0 Å². The molecule has 2 amide bonds. The van der Waals surface area contributed by atoms with E-state index in [0.29, 0.717) is 9.26 Å². The van der Waals surface area contributed by atoms with Gasteiger partial charge in [0.1, 0.15) is 12.4 Å². The first-order valence-corrected chi connectivity index (χ1v) is 6.72. The molecule has 1 aliphatic rings. The highest BCUT2D eigenvalue weighted by Crippen LogP contribution is 2.25. The molecule has 0 unspecified atom stereocenters. The molecule has 5 nitrogen and oxygen atoms in total. The standard InChI is InChI=1S/C12H12FIN2O3/c1-7(17)15-5-9-6-19-12(18)16(9)8-2-3-11(14)10(13)4-8/h2-4,9H,5-6H2,1H3,(H,15,17)/t9-/m0/s1. The van der Waals surface area contributed by atoms with Crippen molar-refractivity contribution >= 4 is 40.3 Å². The van der Waals surface area contributed by atoms with Crippen LogP contribution in [0.15, 0.2) is 18.2 Å². The topological polar surface area (TPSA) is 58.6 Å². The van der Waals surface area contributed by atoms with Gasteiger partial charge in [-0.15, -0.1) is 0 Å². The van der Waals surface area contributed by atoms with E-state index >= 15 is 0 Å². The molecule has 1 saturated heterocycles. The fourth-order valence-corrected chi connectivity index (χ4v) is 2.16. The summed E-state index contributed by atoms with van der Waals surface area (Å²) < 4.78 is 19.0. The minimum absolute atomic E-state index is 0.173. The predicted molar refractivity (Wildman–Crippen MR) is 75.4 cm³/mol. The third kappa shape index (κ3) is 3.14. The van der Waals surface area contributed by atoms with Crippen molar-refractivity contribution in [3.05, 3.63) is 27.6 Å². The highest BCUT2D eigenvalue weighted by molar-refractivity contribution is 14.1. The van der Waals surface area contributed by atoms with Crippen LogP contribution in [0, 0.1) is 9.39 Å². The van der Waals surface area contributed by atoms with Crippen LogP contribution in [0.25, 0.3) is 0 Å². The zero-order chi connectivity index (χ0) is 14.0. The molecule has 0 aliphatic carbocycles. The largest absolute Gasteiger partial charge is 0.447 e. The van der Waals surface area contributed by atoms with Gasteiger partial charge in [-0.25, -0.2) is 9.18 Å². The molecule has 2 rings (SSSR count). The summed E-state index contributed by atoms with van der Waals surface area (Å²) in [6.45, 7) is 1.84. The average Bonchev–Trinajstić information content (AvgIpc) is 2.71. The van der Waals surface area contributed by atoms with Gasteiger partial charge in [0.15, 0.2) is 0 Å². The van der Waals surface area contributed by atoms with E-state index < -0.39 is 11.9 Å². The maximum atomic E-state index is 13.5. The number of anilines is 1. The number of carbonyl (C=O) groups is 2. The molecule has 102 valence electrons. The Hall–Kier alpha value is -1.38. The third-order valence-electron chi connectivity index (χ3n) is 2.73. The fraction of sp³-hybridized carbons (Fsp3) is 0.333. The number of nitrogens with one attached hydrogen (secondary N) is 1. The Morgan fingerprint density at radius 1 is 1.63 bits per heavy atom. The zero-order valence-corrected chi connectivity index (χ0v) is 12.3. The normalized spacial score (nSPS) is 18.4. The summed E-state index contributed by atoms with van der Waals surface area (Å²) in [7, 11) is 0. The number of rotatable bonds is 3. The second kappa shape index (κ2) is 5.72. The zero-order valence-electron chi connectivity index (χ0n) is 10.2. The Morgan fingerprint density at radius 2 is 2.37 bits per heavy atom. The predicted octanol–water partition coefficient (Wildman–Crippen LogP) is 1.89. The molecule has 1 atom stereocenters. The molecule has 19 heavy (non-hydrogen) atoms. The number of halogens is 2. The number of nitrogens with zero attached hydrogens (tertiary/aromatic N) is 1. The summed E-state index contributed by atoms with van der Waals surface area (Å²) >= 11 is 1.87. The van der Waals surface area contributed by atoms with Crippen molar-refractivity contribution in [1.82, 2.24) is 5.32 Å². The molecule has 1 fully saturated rings. The van der Waals surface area contributed by atoms with E-state index in [2.05, 4.69) is 5.32 Å². The van der Waals surface area contributed by atoms with Crippen LogP contribution in [-0.2, 0) is 9.53 Å². The molecule has 7 heteroatoms. The van der Waals surface area contributed by atoms with Crippen molar-refractivity contribution in [1.29, 1.82) is 0 Å². The lowest BCUT2D eigenvalue weighted by molar-refractivity contribution is -0.119. The number of ether oxygens (including phenoxy) is 1. The number of amides is 2. The van der Waals surface area contributed by atoms with E-state index in [1.54, 1.807) is 12.1 Å². The highest BCUT2D eigenvalue weighted by Gasteiger charge is 2.34. The summed E-state index contributed by atoms with van der Waals surface area (Å²) in [6.07, 6.45) is -0.532. The molecule has 1 aliphatic heterocycles. The van der Waals surface area contributed by atoms with Crippen LogP contribution in [0.2, 0.25) is 0 Å². The monoisotopic (exact) mass is 378 g/mol. The maximum Gasteiger partial charge on any atom is 0.414 e. The number of hydrogen-bond acceptors (Lipinski definition) is 3. The summed E-state index contributed by atoms with van der Waals surface area (Å²) in [5.41, 5.74) is 0.427. The number of hydrogen-bond donors (Lipinski definition) is 1. The van der Waals surface area contributed by atoms with Crippen LogP contribution in [0.4, 0.5) is 14.9 Å². The first kappa shape index (κ1) is 14.0. The van der Waals surface area contributed by atoms with E-state index in [4.69, 9.17) is 4.74 Å². The molecule has 1 aromatic rings. The Balaban J connectivity index is 2.20. The first-order valence-electron chi connectivity index (χ1n) is 5.64. The first-order chi connectivity index (χ1) is 8.99. The van der Waals surface area contributed by atoms with Gasteiger partial charge in [-0.2, -0.15) is 0 Å². The quantitative estimate of drug-likeness (QED) is 0.818. The Labute approximate surface area is 123 Å². The second-order valence-corrected chi connectivity index (χ2v) is 5.30. The Kier molecular flexibility index (Phi) is 4.23. The Morgan fingerprint density at radius 3 is 3.00 bits per heavy atom. The summed E-state index contributed by atoms with van der Waals surface area (Å²) in [4.78, 5) is 24.0. The lowest BCUT2D eigenvalue weighted by Gasteiger charge is -2.21. The second-order valence-electron chi connectivity index (χ2n) is 4.14. The lowest BCUT2D eigenvalue weighted by Crippen LogP contribution is -2.42. The summed E-state index contributed by atoms with van der Waals surface area (Å²) in [5, 5.41) is 2.63. The van der Waals surface area contributed by atoms with Crippen LogP contribution in [0.5, 0.6) is 0 Å². The van der Waals surface area contributed by atoms with Crippen LogP contribution >= 0.6 is 22.6 Å². The lowest BCUT2D eigenvalue weighted by atomic mass is 10.2. The summed E-state index contributed by atoms with van der Waals surface area (Å²) in [6, 6.07) is 4.20. The molecule has 1 N–H and O–H groups in total. The van der Waals surface area contributed by atoms with E-state index in [1.165, 1.54) is 17.9 Å². The minimum Gasteiger partial charge on any atom is -0.447 e. The smallest absolute Gasteiger partial charge is 0.414 e. The fourth-order valence-electron chi connectivity index (χ4n) is 1.82. The Bertz CT molecular complexity index is 524. The van der Waals surface area contributed by atoms with E-state index in [0.717, 1.165) is 0 Å². The number of cyclic esters (lactones) is 1. The average molecular weight is 378 g/mol. The van der Waals surface area contributed by atoms with Gasteiger partial charge < -0.3 is 10.1 Å². The molecular formula is C12H12FIN2O3. The van der Waals surface area contributed by atoms with Gasteiger partial charge in [0.05, 0.1) is 11.7 Å². The SMILES string of the molecule is CC(=O)NC[C@H]1COC(=O)N1c1ccc(I)c(F)c1. The van der Waals surface area contributed by atoms with Gasteiger partial charge >= 0.3 is 6.09 Å². The summed E-state index contributed by atoms with van der Waals surface area (Å²) in [5.74, 6) is -0.579. The highest BCUT2D eigenvalue weighted by atomic mass is 127. The van der Waals surface area contributed by atoms with Gasteiger partial charge in [0, 0.05) is 17.0 Å². The van der Waals surface area contributed by atoms with E-state index in [-0.39, 0.29) is 25.1 Å². The van der Waals surface area contributed by atoms with E-state index in [9.17, 15) is 14.0 Å². The number of carbonyl (C=O) groups excluding carboxylic acids is 2. The molecular weight excluding hydrogens is 366 g/mol. The number of benzene rings is 1. The van der Waals surface area contributed by atoms with Crippen LogP contribution in [0.1, 0.15) is 6.92 Å². The van der Waals surface area contributed by atoms with Gasteiger partial charge in [-0.05, 0) is 40.8 Å². The van der Waals surface area contributed by atoms with Gasteiger partial charge in [-0.3, -0.25) is 9.69 Å². The third-order valence-corrected chi connectivity index (χ3v) is 3.60. The van der Waals surface area contributed by atoms with Crippen molar-refractivity contribution < 1.29 is 18.7 Å². The molecule has 0 spiro atoms. The van der Waals surface area contributed by atoms with Crippen molar-refractivity contribution in [2.24, 2.45) is 0 Å². The van der Waals surface area contributed by atoms with Crippen molar-refractivity contribution in [3.63, 3.8) is 0 Å². The van der Waals surface area contributed by atoms with Crippen LogP contribution in [-0.4, -0.2) is 31.2 Å². The molecule has 1 aromatic carbocycles. The van der Waals surface area contributed by atoms with Gasteiger partial charge in [0.25, 0.3) is 0 Å². The molecule has 0 radical (unpaired) electrons. The molecule has 0 bridgehead atoms. The van der Waals surface area contributed by atoms with E-state index in [1.807, 2.05) is 22.6 Å². The van der Waals surface area contributed by atoms with Gasteiger partial charge in [0.2, 0.25) is 5.91 Å². The molecule has 0 saturated carbocycles. The van der Waals surface area contributed by atoms with Crippen molar-refractivity contribution in [3.8, 4) is 0 Å².